The summed E-state index contributed by atoms with van der Waals surface area (Å²) in [5.41, 5.74) is 3.09. The van der Waals surface area contributed by atoms with Crippen LogP contribution in [0.3, 0.4) is 0 Å². The number of rotatable bonds is 12. The molecule has 1 aromatic heterocycles. The monoisotopic (exact) mass is 478 g/mol. The molecular formula is C27H34N4O4. The van der Waals surface area contributed by atoms with Gasteiger partial charge >= 0.3 is 5.97 Å². The number of nitrogens with zero attached hydrogens (tertiary/aromatic N) is 3. The molecule has 0 amide bonds. The van der Waals surface area contributed by atoms with Gasteiger partial charge in [0.25, 0.3) is 0 Å². The van der Waals surface area contributed by atoms with Crippen molar-refractivity contribution in [2.45, 2.75) is 39.8 Å². The molecule has 0 bridgehead atoms. The zero-order chi connectivity index (χ0) is 25.2. The summed E-state index contributed by atoms with van der Waals surface area (Å²) in [5.74, 6) is 2.16. The number of anilines is 2. The second-order valence-electron chi connectivity index (χ2n) is 8.16. The second-order valence-corrected chi connectivity index (χ2v) is 8.16. The van der Waals surface area contributed by atoms with Gasteiger partial charge in [0.1, 0.15) is 22.9 Å². The molecule has 0 saturated carbocycles. The number of benzene rings is 2. The van der Waals surface area contributed by atoms with Crippen molar-refractivity contribution in [2.75, 3.05) is 38.1 Å². The highest BCUT2D eigenvalue weighted by Gasteiger charge is 2.22. The second kappa shape index (κ2) is 12.6. The Hall–Kier alpha value is -3.81. The van der Waals surface area contributed by atoms with Crippen LogP contribution >= 0.6 is 0 Å². The lowest BCUT2D eigenvalue weighted by Crippen LogP contribution is -2.26. The van der Waals surface area contributed by atoms with Crippen molar-refractivity contribution in [3.05, 3.63) is 70.9 Å². The highest BCUT2D eigenvalue weighted by molar-refractivity contribution is 5.96. The third-order valence-electron chi connectivity index (χ3n) is 5.64. The maximum Gasteiger partial charge on any atom is 0.343 e. The molecule has 2 aromatic carbocycles. The molecule has 0 aliphatic heterocycles. The molecular weight excluding hydrogens is 444 g/mol. The first-order valence-corrected chi connectivity index (χ1v) is 11.7. The third kappa shape index (κ3) is 6.85. The zero-order valence-corrected chi connectivity index (χ0v) is 21.1. The number of unbranched alkanes of at least 4 members (excludes halogenated alkanes) is 1. The van der Waals surface area contributed by atoms with E-state index < -0.39 is 5.97 Å². The van der Waals surface area contributed by atoms with Crippen molar-refractivity contribution in [2.24, 2.45) is 0 Å². The van der Waals surface area contributed by atoms with Gasteiger partial charge in [0.05, 0.1) is 27.0 Å². The standard InChI is InChI=1S/C27H34N4O4/c1-6-7-16-28-25-24(26(32)35-5)19(2)29-27(30-25)31(17-20-8-12-22(33-3)13-9-20)18-21-10-14-23(34-4)15-11-21/h8-15H,6-7,16-18H2,1-5H3,(H,28,29,30). The fourth-order valence-corrected chi connectivity index (χ4v) is 3.66. The van der Waals surface area contributed by atoms with Crippen LogP contribution in [0.4, 0.5) is 11.8 Å². The fourth-order valence-electron chi connectivity index (χ4n) is 3.66. The average molecular weight is 479 g/mol. The van der Waals surface area contributed by atoms with Crippen LogP contribution in [0.1, 0.15) is 46.9 Å². The summed E-state index contributed by atoms with van der Waals surface area (Å²) in [4.78, 5) is 24.1. The number of hydrogen-bond acceptors (Lipinski definition) is 8. The molecule has 0 unspecified atom stereocenters. The molecule has 0 atom stereocenters. The van der Waals surface area contributed by atoms with E-state index in [1.54, 1.807) is 21.1 Å². The number of hydrogen-bond donors (Lipinski definition) is 1. The maximum absolute atomic E-state index is 12.5. The summed E-state index contributed by atoms with van der Waals surface area (Å²) in [6.07, 6.45) is 1.99. The number of aryl methyl sites for hydroxylation is 1. The van der Waals surface area contributed by atoms with Gasteiger partial charge in [0.2, 0.25) is 5.95 Å². The summed E-state index contributed by atoms with van der Waals surface area (Å²) in [6.45, 7) is 5.77. The van der Waals surface area contributed by atoms with E-state index in [1.807, 2.05) is 48.5 Å². The predicted octanol–water partition coefficient (Wildman–Crippen LogP) is 5.01. The summed E-state index contributed by atoms with van der Waals surface area (Å²) in [7, 11) is 4.67. The Morgan fingerprint density at radius 2 is 1.43 bits per heavy atom. The first kappa shape index (κ1) is 25.8. The van der Waals surface area contributed by atoms with E-state index in [2.05, 4.69) is 17.1 Å². The van der Waals surface area contributed by atoms with Crippen molar-refractivity contribution in [1.82, 2.24) is 9.97 Å². The van der Waals surface area contributed by atoms with Gasteiger partial charge in [-0.2, -0.15) is 4.98 Å². The Balaban J connectivity index is 2.00. The third-order valence-corrected chi connectivity index (χ3v) is 5.64. The quantitative estimate of drug-likeness (QED) is 0.287. The van der Waals surface area contributed by atoms with E-state index in [9.17, 15) is 4.79 Å². The number of carbonyl (C=O) groups is 1. The minimum absolute atomic E-state index is 0.362. The van der Waals surface area contributed by atoms with Gasteiger partial charge in [0.15, 0.2) is 0 Å². The topological polar surface area (TPSA) is 85.8 Å². The molecule has 3 aromatic rings. The molecule has 8 heteroatoms. The Morgan fingerprint density at radius 1 is 0.886 bits per heavy atom. The largest absolute Gasteiger partial charge is 0.497 e. The summed E-state index contributed by atoms with van der Waals surface area (Å²) in [6, 6.07) is 15.8. The molecule has 0 aliphatic rings. The number of nitrogens with one attached hydrogen (secondary N) is 1. The molecule has 0 aliphatic carbocycles. The molecule has 1 heterocycles. The van der Waals surface area contributed by atoms with Gasteiger partial charge < -0.3 is 24.4 Å². The normalized spacial score (nSPS) is 10.5. The van der Waals surface area contributed by atoms with Gasteiger partial charge in [-0.25, -0.2) is 9.78 Å². The molecule has 1 N–H and O–H groups in total. The highest BCUT2D eigenvalue weighted by atomic mass is 16.5. The molecule has 186 valence electrons. The van der Waals surface area contributed by atoms with E-state index in [0.29, 0.717) is 42.7 Å². The number of methoxy groups -OCH3 is 3. The van der Waals surface area contributed by atoms with Crippen LogP contribution in [0.15, 0.2) is 48.5 Å². The molecule has 8 nitrogen and oxygen atoms in total. The Kier molecular flexibility index (Phi) is 9.29. The fraction of sp³-hybridized carbons (Fsp3) is 0.370. The van der Waals surface area contributed by atoms with Crippen LogP contribution in [0, 0.1) is 6.92 Å². The average Bonchev–Trinajstić information content (AvgIpc) is 2.88. The number of esters is 1. The van der Waals surface area contributed by atoms with Crippen molar-refractivity contribution in [1.29, 1.82) is 0 Å². The van der Waals surface area contributed by atoms with Crippen LogP contribution in [0.5, 0.6) is 11.5 Å². The maximum atomic E-state index is 12.5. The van der Waals surface area contributed by atoms with Crippen LogP contribution in [-0.2, 0) is 17.8 Å². The highest BCUT2D eigenvalue weighted by Crippen LogP contribution is 2.25. The minimum atomic E-state index is -0.454. The van der Waals surface area contributed by atoms with Gasteiger partial charge in [0, 0.05) is 19.6 Å². The smallest absolute Gasteiger partial charge is 0.343 e. The number of ether oxygens (including phenoxy) is 3. The molecule has 35 heavy (non-hydrogen) atoms. The van der Waals surface area contributed by atoms with E-state index in [-0.39, 0.29) is 0 Å². The molecule has 3 rings (SSSR count). The van der Waals surface area contributed by atoms with Gasteiger partial charge in [-0.05, 0) is 48.7 Å². The summed E-state index contributed by atoms with van der Waals surface area (Å²) < 4.78 is 15.6. The number of aromatic nitrogens is 2. The van der Waals surface area contributed by atoms with Gasteiger partial charge in [-0.15, -0.1) is 0 Å². The van der Waals surface area contributed by atoms with Crippen LogP contribution < -0.4 is 19.7 Å². The van der Waals surface area contributed by atoms with E-state index in [1.165, 1.54) is 7.11 Å². The lowest BCUT2D eigenvalue weighted by Gasteiger charge is -2.25. The molecule has 0 fully saturated rings. The Morgan fingerprint density at radius 3 is 1.89 bits per heavy atom. The van der Waals surface area contributed by atoms with Crippen LogP contribution in [0.25, 0.3) is 0 Å². The number of carbonyl (C=O) groups excluding carboxylic acids is 1. The lowest BCUT2D eigenvalue weighted by molar-refractivity contribution is 0.0600. The first-order chi connectivity index (χ1) is 17.0. The molecule has 0 radical (unpaired) electrons. The summed E-state index contributed by atoms with van der Waals surface area (Å²) in [5, 5.41) is 3.31. The first-order valence-electron chi connectivity index (χ1n) is 11.7. The van der Waals surface area contributed by atoms with Crippen molar-refractivity contribution < 1.29 is 19.0 Å². The molecule has 0 spiro atoms. The van der Waals surface area contributed by atoms with Crippen molar-refractivity contribution >= 4 is 17.7 Å². The van der Waals surface area contributed by atoms with E-state index in [4.69, 9.17) is 24.2 Å². The zero-order valence-electron chi connectivity index (χ0n) is 21.1. The van der Waals surface area contributed by atoms with Crippen LogP contribution in [-0.4, -0.2) is 43.8 Å². The van der Waals surface area contributed by atoms with E-state index in [0.717, 1.165) is 35.5 Å². The van der Waals surface area contributed by atoms with E-state index >= 15 is 0 Å². The lowest BCUT2D eigenvalue weighted by atomic mass is 10.1. The SMILES string of the molecule is CCCCNc1nc(N(Cc2ccc(OC)cc2)Cc2ccc(OC)cc2)nc(C)c1C(=O)OC. The minimum Gasteiger partial charge on any atom is -0.497 e. The van der Waals surface area contributed by atoms with Gasteiger partial charge in [-0.1, -0.05) is 37.6 Å². The Bertz CT molecular complexity index is 1050. The van der Waals surface area contributed by atoms with Crippen molar-refractivity contribution in [3.63, 3.8) is 0 Å². The van der Waals surface area contributed by atoms with Crippen LogP contribution in [0.2, 0.25) is 0 Å². The molecule has 0 saturated heterocycles. The summed E-state index contributed by atoms with van der Waals surface area (Å²) >= 11 is 0. The van der Waals surface area contributed by atoms with Crippen molar-refractivity contribution in [3.8, 4) is 11.5 Å². The Labute approximate surface area is 207 Å². The van der Waals surface area contributed by atoms with Gasteiger partial charge in [-0.3, -0.25) is 0 Å². The predicted molar refractivity (Wildman–Crippen MR) is 137 cm³/mol.